The highest BCUT2D eigenvalue weighted by Gasteiger charge is 2.27. The minimum atomic E-state index is 0.104. The smallest absolute Gasteiger partial charge is 0.253 e. The molecule has 1 saturated heterocycles. The third-order valence-corrected chi connectivity index (χ3v) is 5.27. The number of aromatic nitrogens is 3. The van der Waals surface area contributed by atoms with Crippen LogP contribution in [0.15, 0.2) is 42.6 Å². The van der Waals surface area contributed by atoms with Gasteiger partial charge in [-0.25, -0.2) is 9.50 Å². The number of piperidine rings is 1. The fourth-order valence-corrected chi connectivity index (χ4v) is 3.83. The second kappa shape index (κ2) is 7.02. The van der Waals surface area contributed by atoms with E-state index in [-0.39, 0.29) is 11.8 Å². The molecule has 1 amide bonds. The van der Waals surface area contributed by atoms with Crippen LogP contribution in [0.1, 0.15) is 40.5 Å². The summed E-state index contributed by atoms with van der Waals surface area (Å²) in [5.41, 5.74) is 4.80. The molecule has 27 heavy (non-hydrogen) atoms. The Bertz CT molecular complexity index is 960. The number of fused-ring (bicyclic) bond motifs is 1. The molecule has 6 heteroatoms. The highest BCUT2D eigenvalue weighted by Crippen LogP contribution is 2.28. The zero-order valence-corrected chi connectivity index (χ0v) is 16.1. The molecular formula is C21H25N5O. The van der Waals surface area contributed by atoms with E-state index in [1.54, 1.807) is 0 Å². The molecule has 2 aromatic heterocycles. The number of hydrogen-bond donors (Lipinski definition) is 0. The maximum atomic E-state index is 13.0. The van der Waals surface area contributed by atoms with Gasteiger partial charge in [-0.15, -0.1) is 0 Å². The van der Waals surface area contributed by atoms with E-state index in [1.807, 2.05) is 77.9 Å². The van der Waals surface area contributed by atoms with Crippen molar-refractivity contribution >= 4 is 17.2 Å². The quantitative estimate of drug-likeness (QED) is 0.717. The molecule has 6 nitrogen and oxygen atoms in total. The van der Waals surface area contributed by atoms with Crippen LogP contribution < -0.4 is 4.90 Å². The number of rotatable bonds is 3. The van der Waals surface area contributed by atoms with Crippen molar-refractivity contribution in [3.63, 3.8) is 0 Å². The van der Waals surface area contributed by atoms with Gasteiger partial charge >= 0.3 is 0 Å². The molecule has 140 valence electrons. The van der Waals surface area contributed by atoms with Gasteiger partial charge in [0.1, 0.15) is 0 Å². The fourth-order valence-electron chi connectivity index (χ4n) is 3.83. The lowest BCUT2D eigenvalue weighted by atomic mass is 9.94. The van der Waals surface area contributed by atoms with Crippen LogP contribution in [0.3, 0.4) is 0 Å². The minimum absolute atomic E-state index is 0.104. The van der Waals surface area contributed by atoms with E-state index >= 15 is 0 Å². The van der Waals surface area contributed by atoms with Crippen LogP contribution in [0.5, 0.6) is 0 Å². The van der Waals surface area contributed by atoms with Gasteiger partial charge in [0.2, 0.25) is 0 Å². The lowest BCUT2D eigenvalue weighted by Gasteiger charge is -2.33. The predicted octanol–water partition coefficient (Wildman–Crippen LogP) is 3.12. The van der Waals surface area contributed by atoms with Crippen molar-refractivity contribution in [3.8, 4) is 0 Å². The molecule has 0 unspecified atom stereocenters. The number of aryl methyl sites for hydroxylation is 1. The Morgan fingerprint density at radius 2 is 1.96 bits per heavy atom. The van der Waals surface area contributed by atoms with Gasteiger partial charge in [-0.3, -0.25) is 4.79 Å². The monoisotopic (exact) mass is 363 g/mol. The second-order valence-electron chi connectivity index (χ2n) is 7.46. The average Bonchev–Trinajstić information content (AvgIpc) is 3.07. The molecular weight excluding hydrogens is 338 g/mol. The van der Waals surface area contributed by atoms with Gasteiger partial charge in [0.15, 0.2) is 5.65 Å². The Morgan fingerprint density at radius 1 is 1.19 bits per heavy atom. The summed E-state index contributed by atoms with van der Waals surface area (Å²) in [5.74, 6) is 0.375. The number of nitrogens with zero attached hydrogens (tertiary/aromatic N) is 5. The molecule has 1 atom stereocenters. The molecule has 3 heterocycles. The summed E-state index contributed by atoms with van der Waals surface area (Å²) in [6.45, 7) is 3.50. The van der Waals surface area contributed by atoms with Crippen LogP contribution in [0, 0.1) is 6.92 Å². The fraction of sp³-hybridized carbons (Fsp3) is 0.381. The molecule has 1 aliphatic heterocycles. The van der Waals surface area contributed by atoms with Gasteiger partial charge in [-0.2, -0.15) is 5.10 Å². The molecule has 0 saturated carbocycles. The van der Waals surface area contributed by atoms with Crippen molar-refractivity contribution in [2.24, 2.45) is 0 Å². The molecule has 1 fully saturated rings. The molecule has 0 aliphatic carbocycles. The third-order valence-electron chi connectivity index (χ3n) is 5.27. The Hall–Kier alpha value is -2.89. The topological polar surface area (TPSA) is 53.7 Å². The van der Waals surface area contributed by atoms with Crippen molar-refractivity contribution in [2.45, 2.75) is 25.7 Å². The van der Waals surface area contributed by atoms with Gasteiger partial charge in [-0.05, 0) is 50.1 Å². The van der Waals surface area contributed by atoms with Crippen LogP contribution in [0.2, 0.25) is 0 Å². The van der Waals surface area contributed by atoms with Gasteiger partial charge in [0.25, 0.3) is 5.91 Å². The molecule has 1 aliphatic rings. The molecule has 0 bridgehead atoms. The average molecular weight is 363 g/mol. The second-order valence-corrected chi connectivity index (χ2v) is 7.46. The Morgan fingerprint density at radius 3 is 2.70 bits per heavy atom. The summed E-state index contributed by atoms with van der Waals surface area (Å²) >= 11 is 0. The van der Waals surface area contributed by atoms with Crippen molar-refractivity contribution in [2.75, 3.05) is 32.1 Å². The SMILES string of the molecule is Cc1cc2nccc([C@@H]3CCCN(C(=O)c4ccc(N(C)C)cc4)C3)n2n1. The lowest BCUT2D eigenvalue weighted by molar-refractivity contribution is 0.0705. The van der Waals surface area contributed by atoms with E-state index in [0.29, 0.717) is 6.54 Å². The standard InChI is InChI=1S/C21H25N5O/c1-15-13-20-22-11-10-19(26(20)23-15)17-5-4-12-25(14-17)21(27)16-6-8-18(9-7-16)24(2)3/h6-11,13,17H,4-5,12,14H2,1-3H3/t17-/m1/s1. The lowest BCUT2D eigenvalue weighted by Crippen LogP contribution is -2.39. The van der Waals surface area contributed by atoms with Crippen molar-refractivity contribution in [3.05, 3.63) is 59.5 Å². The molecule has 4 rings (SSSR count). The number of hydrogen-bond acceptors (Lipinski definition) is 4. The summed E-state index contributed by atoms with van der Waals surface area (Å²) in [7, 11) is 4.00. The van der Waals surface area contributed by atoms with Crippen LogP contribution in [-0.4, -0.2) is 52.6 Å². The van der Waals surface area contributed by atoms with Crippen molar-refractivity contribution in [1.29, 1.82) is 0 Å². The Balaban J connectivity index is 1.56. The van der Waals surface area contributed by atoms with Crippen molar-refractivity contribution in [1.82, 2.24) is 19.5 Å². The van der Waals surface area contributed by atoms with Crippen LogP contribution >= 0.6 is 0 Å². The van der Waals surface area contributed by atoms with E-state index in [9.17, 15) is 4.79 Å². The number of anilines is 1. The molecule has 1 aromatic carbocycles. The van der Waals surface area contributed by atoms with Gasteiger partial charge < -0.3 is 9.80 Å². The third kappa shape index (κ3) is 3.39. The first-order valence-electron chi connectivity index (χ1n) is 9.41. The van der Waals surface area contributed by atoms with Crippen molar-refractivity contribution < 1.29 is 4.79 Å². The number of likely N-dealkylation sites (tertiary alicyclic amines) is 1. The Kier molecular flexibility index (Phi) is 4.56. The Labute approximate surface area is 159 Å². The maximum absolute atomic E-state index is 13.0. The first kappa shape index (κ1) is 17.5. The predicted molar refractivity (Wildman–Crippen MR) is 106 cm³/mol. The highest BCUT2D eigenvalue weighted by atomic mass is 16.2. The molecule has 0 spiro atoms. The normalized spacial score (nSPS) is 17.3. The summed E-state index contributed by atoms with van der Waals surface area (Å²) in [4.78, 5) is 21.4. The maximum Gasteiger partial charge on any atom is 0.253 e. The zero-order chi connectivity index (χ0) is 19.0. The van der Waals surface area contributed by atoms with E-state index in [1.165, 1.54) is 0 Å². The zero-order valence-electron chi connectivity index (χ0n) is 16.1. The van der Waals surface area contributed by atoms with E-state index in [4.69, 9.17) is 0 Å². The van der Waals surface area contributed by atoms with Gasteiger partial charge in [0.05, 0.1) is 11.4 Å². The van der Waals surface area contributed by atoms with Gasteiger partial charge in [-0.1, -0.05) is 0 Å². The number of carbonyl (C=O) groups excluding carboxylic acids is 1. The summed E-state index contributed by atoms with van der Waals surface area (Å²) in [6.07, 6.45) is 3.89. The highest BCUT2D eigenvalue weighted by molar-refractivity contribution is 5.94. The first-order valence-corrected chi connectivity index (χ1v) is 9.41. The van der Waals surface area contributed by atoms with Gasteiger partial charge in [0, 0.05) is 56.6 Å². The van der Waals surface area contributed by atoms with E-state index < -0.39 is 0 Å². The number of amides is 1. The summed E-state index contributed by atoms with van der Waals surface area (Å²) in [6, 6.07) is 11.8. The summed E-state index contributed by atoms with van der Waals surface area (Å²) in [5, 5.41) is 4.59. The molecule has 0 N–H and O–H groups in total. The molecule has 0 radical (unpaired) electrons. The minimum Gasteiger partial charge on any atom is -0.378 e. The number of carbonyl (C=O) groups is 1. The van der Waals surface area contributed by atoms with Crippen LogP contribution in [0.25, 0.3) is 5.65 Å². The van der Waals surface area contributed by atoms with Crippen LogP contribution in [0.4, 0.5) is 5.69 Å². The molecule has 3 aromatic rings. The first-order chi connectivity index (χ1) is 13.0. The van der Waals surface area contributed by atoms with E-state index in [0.717, 1.165) is 47.7 Å². The number of benzene rings is 1. The van der Waals surface area contributed by atoms with E-state index in [2.05, 4.69) is 10.1 Å². The summed E-state index contributed by atoms with van der Waals surface area (Å²) < 4.78 is 1.93. The largest absolute Gasteiger partial charge is 0.378 e. The van der Waals surface area contributed by atoms with Crippen LogP contribution in [-0.2, 0) is 0 Å².